The quantitative estimate of drug-likeness (QED) is 0.634. The molecule has 6 heteroatoms. The van der Waals surface area contributed by atoms with E-state index in [-0.39, 0.29) is 6.61 Å². The molecule has 0 radical (unpaired) electrons. The summed E-state index contributed by atoms with van der Waals surface area (Å²) in [7, 11) is 0. The number of rotatable bonds is 7. The first-order chi connectivity index (χ1) is 13.5. The van der Waals surface area contributed by atoms with Crippen molar-refractivity contribution in [2.45, 2.75) is 43.2 Å². The van der Waals surface area contributed by atoms with Crippen molar-refractivity contribution in [3.63, 3.8) is 0 Å². The average molecular weight is 446 g/mol. The van der Waals surface area contributed by atoms with Gasteiger partial charge in [-0.05, 0) is 29.5 Å². The van der Waals surface area contributed by atoms with Crippen molar-refractivity contribution in [2.75, 3.05) is 6.61 Å². The molecular formula is C22H24BrNO4. The second kappa shape index (κ2) is 9.34. The molecule has 1 heterocycles. The van der Waals surface area contributed by atoms with E-state index in [1.165, 1.54) is 5.56 Å². The van der Waals surface area contributed by atoms with E-state index in [4.69, 9.17) is 4.74 Å². The Hall–Kier alpha value is -2.18. The lowest BCUT2D eigenvalue weighted by Crippen LogP contribution is -2.41. The Labute approximate surface area is 173 Å². The summed E-state index contributed by atoms with van der Waals surface area (Å²) in [5, 5.41) is 10.7. The van der Waals surface area contributed by atoms with Crippen LogP contribution in [0.2, 0.25) is 0 Å². The van der Waals surface area contributed by atoms with E-state index in [1.54, 1.807) is 0 Å². The lowest BCUT2D eigenvalue weighted by Gasteiger charge is -2.25. The van der Waals surface area contributed by atoms with Gasteiger partial charge in [0.25, 0.3) is 0 Å². The monoisotopic (exact) mass is 445 g/mol. The number of aryl methyl sites for hydroxylation is 1. The van der Waals surface area contributed by atoms with Gasteiger partial charge in [-0.3, -0.25) is 4.79 Å². The van der Waals surface area contributed by atoms with Crippen LogP contribution in [0.5, 0.6) is 0 Å². The maximum Gasteiger partial charge on any atom is 0.417 e. The number of cyclic esters (lactones) is 1. The highest BCUT2D eigenvalue weighted by Gasteiger charge is 2.42. The highest BCUT2D eigenvalue weighted by atomic mass is 79.9. The number of benzene rings is 2. The van der Waals surface area contributed by atoms with Crippen LogP contribution < -0.4 is 0 Å². The molecule has 0 aromatic heterocycles. The van der Waals surface area contributed by atoms with Crippen LogP contribution in [0.15, 0.2) is 54.6 Å². The molecule has 0 saturated carbocycles. The molecule has 1 N–H and O–H groups in total. The number of carbonyl (C=O) groups excluding carboxylic acids is 2. The minimum atomic E-state index is -1.07. The van der Waals surface area contributed by atoms with Crippen LogP contribution >= 0.6 is 15.9 Å². The number of carbonyl (C=O) groups is 2. The predicted molar refractivity (Wildman–Crippen MR) is 110 cm³/mol. The molecule has 28 heavy (non-hydrogen) atoms. The normalized spacial score (nSPS) is 18.6. The van der Waals surface area contributed by atoms with Gasteiger partial charge in [0.1, 0.15) is 23.6 Å². The molecule has 3 rings (SSSR count). The number of aliphatic hydroxyl groups excluding tert-OH is 1. The summed E-state index contributed by atoms with van der Waals surface area (Å²) in [4.78, 5) is 25.3. The smallest absolute Gasteiger partial charge is 0.417 e. The minimum absolute atomic E-state index is 0.108. The zero-order valence-corrected chi connectivity index (χ0v) is 17.3. The summed E-state index contributed by atoms with van der Waals surface area (Å²) in [5.41, 5.74) is 2.64. The zero-order valence-electron chi connectivity index (χ0n) is 15.8. The molecule has 5 nitrogen and oxygen atoms in total. The third-order valence-corrected chi connectivity index (χ3v) is 5.84. The van der Waals surface area contributed by atoms with E-state index in [1.807, 2.05) is 54.6 Å². The molecule has 0 bridgehead atoms. The van der Waals surface area contributed by atoms with Gasteiger partial charge in [0.15, 0.2) is 0 Å². The fraction of sp³-hybridized carbons (Fsp3) is 0.364. The van der Waals surface area contributed by atoms with Gasteiger partial charge in [0, 0.05) is 0 Å². The molecule has 1 aliphatic rings. The Balaban J connectivity index is 1.74. The number of aliphatic hydroxyl groups is 1. The Morgan fingerprint density at radius 1 is 1.21 bits per heavy atom. The number of alkyl halides is 1. The van der Waals surface area contributed by atoms with Gasteiger partial charge in [-0.15, -0.1) is 0 Å². The number of hydrogen-bond donors (Lipinski definition) is 1. The molecule has 1 fully saturated rings. The summed E-state index contributed by atoms with van der Waals surface area (Å²) in [5.74, 6) is -0.515. The Morgan fingerprint density at radius 3 is 2.54 bits per heavy atom. The zero-order chi connectivity index (χ0) is 20.1. The van der Waals surface area contributed by atoms with Crippen LogP contribution in [0.4, 0.5) is 4.79 Å². The van der Waals surface area contributed by atoms with E-state index >= 15 is 0 Å². The molecule has 0 unspecified atom stereocenters. The SMILES string of the molecule is CCCCc1ccc([C@@H](O)[C@@H](Br)C(=O)N2C(=O)OC[C@H]2c2ccccc2)cc1. The lowest BCUT2D eigenvalue weighted by molar-refractivity contribution is -0.130. The van der Waals surface area contributed by atoms with Gasteiger partial charge in [-0.1, -0.05) is 83.9 Å². The standard InChI is InChI=1S/C22H24BrNO4/c1-2-3-7-15-10-12-17(13-11-15)20(25)19(23)21(26)24-18(14-28-22(24)27)16-8-5-4-6-9-16/h4-6,8-13,18-20,25H,2-3,7,14H2,1H3/t18-,19+,20+/m0/s1. The average Bonchev–Trinajstić information content (AvgIpc) is 3.13. The first-order valence-electron chi connectivity index (χ1n) is 9.48. The summed E-state index contributed by atoms with van der Waals surface area (Å²) >= 11 is 3.29. The van der Waals surface area contributed by atoms with Crippen LogP contribution in [0.1, 0.15) is 48.6 Å². The second-order valence-corrected chi connectivity index (χ2v) is 7.89. The summed E-state index contributed by atoms with van der Waals surface area (Å²) in [6.45, 7) is 2.25. The molecule has 1 aliphatic heterocycles. The largest absolute Gasteiger partial charge is 0.446 e. The van der Waals surface area contributed by atoms with Crippen molar-refractivity contribution in [1.29, 1.82) is 0 Å². The fourth-order valence-corrected chi connectivity index (χ4v) is 3.81. The number of unbranched alkanes of at least 4 members (excludes halogenated alkanes) is 1. The predicted octanol–water partition coefficient (Wildman–Crippen LogP) is 4.55. The van der Waals surface area contributed by atoms with Gasteiger partial charge in [0.05, 0.1) is 0 Å². The van der Waals surface area contributed by atoms with Crippen molar-refractivity contribution >= 4 is 27.9 Å². The fourth-order valence-electron chi connectivity index (χ4n) is 3.28. The van der Waals surface area contributed by atoms with E-state index in [9.17, 15) is 14.7 Å². The van der Waals surface area contributed by atoms with Gasteiger partial charge >= 0.3 is 6.09 Å². The summed E-state index contributed by atoms with van der Waals surface area (Å²) in [6.07, 6.45) is 1.46. The number of halogens is 1. The van der Waals surface area contributed by atoms with Gasteiger partial charge < -0.3 is 9.84 Å². The summed E-state index contributed by atoms with van der Waals surface area (Å²) < 4.78 is 5.11. The lowest BCUT2D eigenvalue weighted by atomic mass is 10.0. The number of ether oxygens (including phenoxy) is 1. The van der Waals surface area contributed by atoms with E-state index in [0.717, 1.165) is 29.7 Å². The first-order valence-corrected chi connectivity index (χ1v) is 10.4. The Bertz CT molecular complexity index is 809. The van der Waals surface area contributed by atoms with Crippen molar-refractivity contribution in [1.82, 2.24) is 4.90 Å². The molecule has 0 aliphatic carbocycles. The van der Waals surface area contributed by atoms with Crippen LogP contribution in [0.3, 0.4) is 0 Å². The molecule has 1 saturated heterocycles. The molecule has 0 spiro atoms. The number of imide groups is 1. The highest BCUT2D eigenvalue weighted by Crippen LogP contribution is 2.32. The van der Waals surface area contributed by atoms with Crippen molar-refractivity contribution in [3.05, 3.63) is 71.3 Å². The van der Waals surface area contributed by atoms with Gasteiger partial charge in [0.2, 0.25) is 5.91 Å². The van der Waals surface area contributed by atoms with Crippen LogP contribution in [0, 0.1) is 0 Å². The Kier molecular flexibility index (Phi) is 6.86. The molecule has 2 aromatic rings. The molecule has 2 amide bonds. The van der Waals surface area contributed by atoms with E-state index in [0.29, 0.717) is 5.56 Å². The number of amides is 2. The highest BCUT2D eigenvalue weighted by molar-refractivity contribution is 9.10. The maximum atomic E-state index is 13.0. The molecular weight excluding hydrogens is 422 g/mol. The van der Waals surface area contributed by atoms with E-state index in [2.05, 4.69) is 22.9 Å². The minimum Gasteiger partial charge on any atom is -0.446 e. The van der Waals surface area contributed by atoms with Crippen LogP contribution in [0.25, 0.3) is 0 Å². The van der Waals surface area contributed by atoms with Crippen molar-refractivity contribution in [2.24, 2.45) is 0 Å². The van der Waals surface area contributed by atoms with Crippen molar-refractivity contribution < 1.29 is 19.4 Å². The molecule has 2 aromatic carbocycles. The third-order valence-electron chi connectivity index (χ3n) is 4.95. The Morgan fingerprint density at radius 2 is 1.89 bits per heavy atom. The van der Waals surface area contributed by atoms with Crippen LogP contribution in [-0.4, -0.2) is 33.4 Å². The number of nitrogens with zero attached hydrogens (tertiary/aromatic N) is 1. The van der Waals surface area contributed by atoms with Crippen LogP contribution in [-0.2, 0) is 16.0 Å². The van der Waals surface area contributed by atoms with Gasteiger partial charge in [-0.2, -0.15) is 0 Å². The van der Waals surface area contributed by atoms with E-state index < -0.39 is 29.0 Å². The third kappa shape index (κ3) is 4.45. The summed E-state index contributed by atoms with van der Waals surface area (Å²) in [6, 6.07) is 16.4. The molecule has 3 atom stereocenters. The maximum absolute atomic E-state index is 13.0. The van der Waals surface area contributed by atoms with Gasteiger partial charge in [-0.25, -0.2) is 9.69 Å². The van der Waals surface area contributed by atoms with Crippen molar-refractivity contribution in [3.8, 4) is 0 Å². The number of hydrogen-bond acceptors (Lipinski definition) is 4. The topological polar surface area (TPSA) is 66.8 Å². The second-order valence-electron chi connectivity index (χ2n) is 6.90. The molecule has 148 valence electrons. The first kappa shape index (κ1) is 20.6.